The minimum Gasteiger partial charge on any atom is -0.497 e. The number of nitrogens with zero attached hydrogens (tertiary/aromatic N) is 2. The number of hydrogen-bond donors (Lipinski definition) is 2. The molecule has 4 rings (SSSR count). The molecule has 2 heterocycles. The molecule has 2 aromatic heterocycles. The molecule has 11 heteroatoms. The second-order valence-corrected chi connectivity index (χ2v) is 7.91. The van der Waals surface area contributed by atoms with E-state index in [-0.39, 0.29) is 35.6 Å². The topological polar surface area (TPSA) is 102 Å². The molecular weight excluding hydrogens is 465 g/mol. The average molecular weight is 486 g/mol. The Labute approximate surface area is 198 Å². The van der Waals surface area contributed by atoms with Gasteiger partial charge in [-0.15, -0.1) is 0 Å². The molecule has 1 fully saturated rings. The van der Waals surface area contributed by atoms with Gasteiger partial charge in [0.25, 0.3) is 5.91 Å². The normalized spacial score (nSPS) is 14.1. The van der Waals surface area contributed by atoms with E-state index in [4.69, 9.17) is 9.47 Å². The molecule has 1 aromatic carbocycles. The summed E-state index contributed by atoms with van der Waals surface area (Å²) in [6, 6.07) is 9.61. The zero-order valence-electron chi connectivity index (χ0n) is 18.6. The van der Waals surface area contributed by atoms with Gasteiger partial charge in [-0.25, -0.2) is 0 Å². The van der Waals surface area contributed by atoms with Gasteiger partial charge in [0.2, 0.25) is 5.91 Å². The number of rotatable bonds is 8. The maximum absolute atomic E-state index is 13.4. The molecular formula is C24H21F3N4O4. The van der Waals surface area contributed by atoms with Crippen LogP contribution in [0.25, 0.3) is 0 Å². The monoisotopic (exact) mass is 486 g/mol. The molecule has 2 N–H and O–H groups in total. The first-order valence-electron chi connectivity index (χ1n) is 10.6. The van der Waals surface area contributed by atoms with Crippen molar-refractivity contribution in [3.8, 4) is 17.2 Å². The Kier molecular flexibility index (Phi) is 6.59. The van der Waals surface area contributed by atoms with Gasteiger partial charge in [-0.3, -0.25) is 19.6 Å². The third-order valence-corrected chi connectivity index (χ3v) is 5.41. The molecule has 0 saturated heterocycles. The minimum atomic E-state index is -4.63. The third kappa shape index (κ3) is 5.68. The van der Waals surface area contributed by atoms with Crippen LogP contribution in [0.1, 0.15) is 34.5 Å². The van der Waals surface area contributed by atoms with Crippen molar-refractivity contribution >= 4 is 11.8 Å². The lowest BCUT2D eigenvalue weighted by atomic mass is 10.2. The van der Waals surface area contributed by atoms with Crippen molar-refractivity contribution in [1.82, 2.24) is 20.6 Å². The van der Waals surface area contributed by atoms with E-state index in [9.17, 15) is 22.8 Å². The van der Waals surface area contributed by atoms with Gasteiger partial charge in [0, 0.05) is 12.4 Å². The Morgan fingerprint density at radius 2 is 1.86 bits per heavy atom. The Bertz CT molecular complexity index is 1210. The molecule has 1 aliphatic rings. The fourth-order valence-corrected chi connectivity index (χ4v) is 3.31. The van der Waals surface area contributed by atoms with Gasteiger partial charge in [0.05, 0.1) is 31.1 Å². The summed E-state index contributed by atoms with van der Waals surface area (Å²) in [4.78, 5) is 33.0. The van der Waals surface area contributed by atoms with Crippen LogP contribution in [0, 0.1) is 0 Å². The molecule has 0 atom stereocenters. The van der Waals surface area contributed by atoms with Crippen LogP contribution in [0.4, 0.5) is 13.2 Å². The van der Waals surface area contributed by atoms with E-state index in [2.05, 4.69) is 20.6 Å². The zero-order valence-corrected chi connectivity index (χ0v) is 18.6. The molecule has 0 aliphatic heterocycles. The van der Waals surface area contributed by atoms with Crippen molar-refractivity contribution in [2.24, 2.45) is 0 Å². The van der Waals surface area contributed by atoms with Crippen molar-refractivity contribution in [2.45, 2.75) is 31.1 Å². The molecule has 1 aliphatic carbocycles. The fourth-order valence-electron chi connectivity index (χ4n) is 3.31. The molecule has 182 valence electrons. The van der Waals surface area contributed by atoms with Gasteiger partial charge in [-0.2, -0.15) is 13.2 Å². The standard InChI is InChI=1S/C24H21F3N4O4/c1-34-17-6-7-20(19(11-17)24(25,26)27)35-18-5-4-16(29-14-18)13-30-22(33)23(8-9-23)31-21(32)15-3-2-10-28-12-15/h2-7,10-12,14H,8-9,13H2,1H3,(H,30,33)(H,31,32). The Morgan fingerprint density at radius 1 is 1.09 bits per heavy atom. The van der Waals surface area contributed by atoms with Crippen LogP contribution in [0.15, 0.2) is 61.1 Å². The van der Waals surface area contributed by atoms with Crippen molar-refractivity contribution in [3.05, 3.63) is 77.9 Å². The highest BCUT2D eigenvalue weighted by Crippen LogP contribution is 2.40. The first-order chi connectivity index (χ1) is 16.7. The molecule has 1 saturated carbocycles. The maximum atomic E-state index is 13.4. The predicted octanol–water partition coefficient (Wildman–Crippen LogP) is 3.88. The van der Waals surface area contributed by atoms with Crippen LogP contribution in [0.3, 0.4) is 0 Å². The molecule has 8 nitrogen and oxygen atoms in total. The molecule has 3 aromatic rings. The van der Waals surface area contributed by atoms with Gasteiger partial charge >= 0.3 is 6.18 Å². The average Bonchev–Trinajstić information content (AvgIpc) is 3.64. The molecule has 35 heavy (non-hydrogen) atoms. The summed E-state index contributed by atoms with van der Waals surface area (Å²) in [5.41, 5.74) is -1.13. The number of ether oxygens (including phenoxy) is 2. The number of pyridine rings is 2. The van der Waals surface area contributed by atoms with Crippen LogP contribution in [0.2, 0.25) is 0 Å². The number of halogens is 3. The minimum absolute atomic E-state index is 0.0546. The van der Waals surface area contributed by atoms with Crippen LogP contribution < -0.4 is 20.1 Å². The van der Waals surface area contributed by atoms with E-state index >= 15 is 0 Å². The van der Waals surface area contributed by atoms with Crippen LogP contribution in [-0.2, 0) is 17.5 Å². The number of methoxy groups -OCH3 is 1. The second-order valence-electron chi connectivity index (χ2n) is 7.91. The Morgan fingerprint density at radius 3 is 2.46 bits per heavy atom. The summed E-state index contributed by atoms with van der Waals surface area (Å²) < 4.78 is 50.3. The number of amides is 2. The smallest absolute Gasteiger partial charge is 0.420 e. The second kappa shape index (κ2) is 9.61. The summed E-state index contributed by atoms with van der Waals surface area (Å²) in [5, 5.41) is 5.48. The van der Waals surface area contributed by atoms with Gasteiger partial charge in [-0.1, -0.05) is 0 Å². The first-order valence-corrected chi connectivity index (χ1v) is 10.6. The molecule has 0 bridgehead atoms. The van der Waals surface area contributed by atoms with Crippen LogP contribution in [-0.4, -0.2) is 34.4 Å². The van der Waals surface area contributed by atoms with Gasteiger partial charge in [-0.05, 0) is 55.3 Å². The van der Waals surface area contributed by atoms with E-state index in [0.29, 0.717) is 24.1 Å². The number of alkyl halides is 3. The lowest BCUT2D eigenvalue weighted by molar-refractivity contribution is -0.138. The zero-order chi connectivity index (χ0) is 25.1. The van der Waals surface area contributed by atoms with E-state index in [1.165, 1.54) is 43.8 Å². The molecule has 0 unspecified atom stereocenters. The highest BCUT2D eigenvalue weighted by atomic mass is 19.4. The van der Waals surface area contributed by atoms with E-state index in [1.54, 1.807) is 18.3 Å². The number of aromatic nitrogens is 2. The van der Waals surface area contributed by atoms with E-state index < -0.39 is 17.3 Å². The lowest BCUT2D eigenvalue weighted by Crippen LogP contribution is -2.48. The maximum Gasteiger partial charge on any atom is 0.420 e. The highest BCUT2D eigenvalue weighted by molar-refractivity contribution is 6.00. The van der Waals surface area contributed by atoms with Crippen molar-refractivity contribution < 1.29 is 32.2 Å². The van der Waals surface area contributed by atoms with Crippen LogP contribution >= 0.6 is 0 Å². The van der Waals surface area contributed by atoms with Crippen molar-refractivity contribution in [3.63, 3.8) is 0 Å². The van der Waals surface area contributed by atoms with Crippen molar-refractivity contribution in [2.75, 3.05) is 7.11 Å². The summed E-state index contributed by atoms with van der Waals surface area (Å²) >= 11 is 0. The van der Waals surface area contributed by atoms with Gasteiger partial charge in [0.15, 0.2) is 0 Å². The number of hydrogen-bond acceptors (Lipinski definition) is 6. The predicted molar refractivity (Wildman–Crippen MR) is 118 cm³/mol. The summed E-state index contributed by atoms with van der Waals surface area (Å²) in [5.74, 6) is -0.967. The summed E-state index contributed by atoms with van der Waals surface area (Å²) in [7, 11) is 1.27. The lowest BCUT2D eigenvalue weighted by Gasteiger charge is -2.17. The highest BCUT2D eigenvalue weighted by Gasteiger charge is 2.51. The molecule has 0 radical (unpaired) electrons. The van der Waals surface area contributed by atoms with Crippen LogP contribution in [0.5, 0.6) is 17.2 Å². The van der Waals surface area contributed by atoms with E-state index in [1.807, 2.05) is 0 Å². The van der Waals surface area contributed by atoms with Crippen molar-refractivity contribution in [1.29, 1.82) is 0 Å². The quantitative estimate of drug-likeness (QED) is 0.501. The SMILES string of the molecule is COc1ccc(Oc2ccc(CNC(=O)C3(NC(=O)c4cccnc4)CC3)nc2)c(C(F)(F)F)c1. The first kappa shape index (κ1) is 24.0. The summed E-state index contributed by atoms with van der Waals surface area (Å²) in [6.45, 7) is 0.0694. The van der Waals surface area contributed by atoms with Gasteiger partial charge in [0.1, 0.15) is 28.4 Å². The largest absolute Gasteiger partial charge is 0.497 e. The third-order valence-electron chi connectivity index (χ3n) is 5.41. The number of nitrogens with one attached hydrogen (secondary N) is 2. The number of carbonyl (C=O) groups excluding carboxylic acids is 2. The van der Waals surface area contributed by atoms with Gasteiger partial charge < -0.3 is 20.1 Å². The fraction of sp³-hybridized carbons (Fsp3) is 0.250. The molecule has 0 spiro atoms. The molecule has 2 amide bonds. The van der Waals surface area contributed by atoms with E-state index in [0.717, 1.165) is 6.07 Å². The number of carbonyl (C=O) groups is 2. The summed E-state index contributed by atoms with van der Waals surface area (Å²) in [6.07, 6.45) is 0.616. The Balaban J connectivity index is 1.36. The number of benzene rings is 1. The Hall–Kier alpha value is -4.15.